The Hall–Kier alpha value is -2.35. The molecule has 6 nitrogen and oxygen atoms in total. The van der Waals surface area contributed by atoms with Crippen LogP contribution in [0, 0.1) is 5.41 Å². The number of pyridine rings is 1. The molecular weight excluding hydrogens is 396 g/mol. The molecule has 7 heteroatoms. The highest BCUT2D eigenvalue weighted by molar-refractivity contribution is 7.97. The number of nitrogens with zero attached hydrogens (tertiary/aromatic N) is 3. The zero-order valence-corrected chi connectivity index (χ0v) is 18.2. The van der Waals surface area contributed by atoms with Crippen LogP contribution in [0.25, 0.3) is 6.20 Å². The van der Waals surface area contributed by atoms with Gasteiger partial charge in [-0.05, 0) is 54.6 Å². The second-order valence-electron chi connectivity index (χ2n) is 7.92. The molecule has 2 aliphatic rings. The highest BCUT2D eigenvalue weighted by Gasteiger charge is 2.44. The number of hydrogen-bond donors (Lipinski definition) is 1. The van der Waals surface area contributed by atoms with Gasteiger partial charge in [0.05, 0.1) is 5.56 Å². The first-order valence-electron chi connectivity index (χ1n) is 10.3. The zero-order valence-electron chi connectivity index (χ0n) is 17.3. The summed E-state index contributed by atoms with van der Waals surface area (Å²) in [5, 5.41) is 2.98. The van der Waals surface area contributed by atoms with Crippen molar-refractivity contribution in [3.05, 3.63) is 65.8 Å². The Bertz CT molecular complexity index is 969. The number of nitrogens with one attached hydrogen (secondary N) is 1. The molecule has 2 aliphatic heterocycles. The van der Waals surface area contributed by atoms with Gasteiger partial charge >= 0.3 is 0 Å². The van der Waals surface area contributed by atoms with Crippen molar-refractivity contribution < 1.29 is 9.53 Å². The van der Waals surface area contributed by atoms with E-state index in [1.807, 2.05) is 18.0 Å². The van der Waals surface area contributed by atoms with Crippen molar-refractivity contribution in [1.29, 1.82) is 0 Å². The third-order valence-electron chi connectivity index (χ3n) is 5.83. The lowest BCUT2D eigenvalue weighted by molar-refractivity contribution is -0.0441. The van der Waals surface area contributed by atoms with Crippen molar-refractivity contribution >= 4 is 24.1 Å². The van der Waals surface area contributed by atoms with Crippen molar-refractivity contribution in [2.24, 2.45) is 10.4 Å². The van der Waals surface area contributed by atoms with Gasteiger partial charge in [0, 0.05) is 62.6 Å². The van der Waals surface area contributed by atoms with E-state index >= 15 is 0 Å². The molecule has 4 rings (SSSR count). The maximum atomic E-state index is 12.5. The molecule has 158 valence electrons. The Balaban J connectivity index is 1.28. The highest BCUT2D eigenvalue weighted by Crippen LogP contribution is 2.44. The number of carbonyl (C=O) groups is 1. The van der Waals surface area contributed by atoms with Crippen molar-refractivity contribution in [2.45, 2.75) is 24.3 Å². The number of rotatable bonds is 6. The molecule has 30 heavy (non-hydrogen) atoms. The lowest BCUT2D eigenvalue weighted by atomic mass is 9.75. The molecule has 0 atom stereocenters. The standard InChI is InChI=1S/C23H28N4O2S/c1-3-26-15-19(6-9-21(26)24-2)22(28)25-14-18-4-7-20(8-5-18)30-27-16-23(17-27)10-12-29-13-11-23/h3-9,15H,1,10-14,16-17H2,2H3,(H,25,28). The summed E-state index contributed by atoms with van der Waals surface area (Å²) in [6.45, 7) is 8.36. The molecule has 0 saturated carbocycles. The zero-order chi connectivity index (χ0) is 21.0. The van der Waals surface area contributed by atoms with E-state index in [1.165, 1.54) is 17.7 Å². The summed E-state index contributed by atoms with van der Waals surface area (Å²) in [6, 6.07) is 12.0. The minimum Gasteiger partial charge on any atom is -0.381 e. The Morgan fingerprint density at radius 3 is 2.63 bits per heavy atom. The average Bonchev–Trinajstić information content (AvgIpc) is 2.77. The van der Waals surface area contributed by atoms with Gasteiger partial charge in [-0.15, -0.1) is 0 Å². The maximum Gasteiger partial charge on any atom is 0.253 e. The van der Waals surface area contributed by atoms with Crippen molar-refractivity contribution in [3.63, 3.8) is 0 Å². The Morgan fingerprint density at radius 1 is 1.23 bits per heavy atom. The molecule has 0 bridgehead atoms. The molecule has 1 N–H and O–H groups in total. The van der Waals surface area contributed by atoms with E-state index in [1.54, 1.807) is 30.1 Å². The van der Waals surface area contributed by atoms with Gasteiger partial charge in [0.2, 0.25) is 0 Å². The van der Waals surface area contributed by atoms with Gasteiger partial charge in [0.15, 0.2) is 0 Å². The molecule has 1 spiro atoms. The van der Waals surface area contributed by atoms with Crippen LogP contribution in [0.1, 0.15) is 28.8 Å². The first-order chi connectivity index (χ1) is 14.6. The van der Waals surface area contributed by atoms with Crippen LogP contribution in [0.3, 0.4) is 0 Å². The summed E-state index contributed by atoms with van der Waals surface area (Å²) in [5.74, 6) is -0.117. The minimum absolute atomic E-state index is 0.117. The topological polar surface area (TPSA) is 58.9 Å². The van der Waals surface area contributed by atoms with Crippen molar-refractivity contribution in [2.75, 3.05) is 33.4 Å². The SMILES string of the molecule is C=Cn1cc(C(=O)NCc2ccc(SN3CC4(CCOCC4)C3)cc2)ccc1=NC. The number of carbonyl (C=O) groups excluding carboxylic acids is 1. The van der Waals surface area contributed by atoms with E-state index < -0.39 is 0 Å². The normalized spacial score (nSPS) is 18.8. The smallest absolute Gasteiger partial charge is 0.253 e. The summed E-state index contributed by atoms with van der Waals surface area (Å²) in [4.78, 5) is 17.9. The predicted octanol–water partition coefficient (Wildman–Crippen LogP) is 3.17. The fourth-order valence-corrected chi connectivity index (χ4v) is 5.20. The van der Waals surface area contributed by atoms with E-state index in [0.717, 1.165) is 37.4 Å². The fraction of sp³-hybridized carbons (Fsp3) is 0.391. The predicted molar refractivity (Wildman–Crippen MR) is 120 cm³/mol. The number of ether oxygens (including phenoxy) is 1. The second-order valence-corrected chi connectivity index (χ2v) is 9.09. The van der Waals surface area contributed by atoms with Gasteiger partial charge in [-0.25, -0.2) is 4.31 Å². The van der Waals surface area contributed by atoms with E-state index in [-0.39, 0.29) is 5.91 Å². The molecule has 0 aliphatic carbocycles. The number of amides is 1. The van der Waals surface area contributed by atoms with E-state index in [4.69, 9.17) is 4.74 Å². The molecule has 0 radical (unpaired) electrons. The highest BCUT2D eigenvalue weighted by atomic mass is 32.2. The van der Waals surface area contributed by atoms with Gasteiger partial charge in [0.1, 0.15) is 5.49 Å². The van der Waals surface area contributed by atoms with Gasteiger partial charge in [0.25, 0.3) is 5.91 Å². The Labute approximate surface area is 181 Å². The molecule has 1 aromatic heterocycles. The van der Waals surface area contributed by atoms with Gasteiger partial charge in [-0.1, -0.05) is 18.7 Å². The Kier molecular flexibility index (Phi) is 6.41. The van der Waals surface area contributed by atoms with Crippen molar-refractivity contribution in [1.82, 2.24) is 14.2 Å². The summed E-state index contributed by atoms with van der Waals surface area (Å²) in [5.41, 5.74) is 2.89. The summed E-state index contributed by atoms with van der Waals surface area (Å²) < 4.78 is 9.66. The molecule has 3 heterocycles. The van der Waals surface area contributed by atoms with Crippen LogP contribution in [0.15, 0.2) is 59.1 Å². The second kappa shape index (κ2) is 9.20. The summed E-state index contributed by atoms with van der Waals surface area (Å²) in [7, 11) is 1.71. The van der Waals surface area contributed by atoms with Crippen LogP contribution in [0.4, 0.5) is 0 Å². The average molecular weight is 425 g/mol. The lowest BCUT2D eigenvalue weighted by Crippen LogP contribution is -2.55. The van der Waals surface area contributed by atoms with Gasteiger partial charge in [-0.3, -0.25) is 9.79 Å². The molecule has 1 amide bonds. The molecule has 0 unspecified atom stereocenters. The van der Waals surface area contributed by atoms with Gasteiger partial charge < -0.3 is 14.6 Å². The number of aromatic nitrogens is 1. The van der Waals surface area contributed by atoms with Crippen LogP contribution >= 0.6 is 11.9 Å². The molecule has 1 aromatic carbocycles. The third-order valence-corrected chi connectivity index (χ3v) is 6.83. The third kappa shape index (κ3) is 4.69. The van der Waals surface area contributed by atoms with Crippen LogP contribution in [0.2, 0.25) is 0 Å². The minimum atomic E-state index is -0.117. The summed E-state index contributed by atoms with van der Waals surface area (Å²) >= 11 is 1.82. The first kappa shape index (κ1) is 20.9. The van der Waals surface area contributed by atoms with E-state index in [0.29, 0.717) is 17.5 Å². The van der Waals surface area contributed by atoms with E-state index in [9.17, 15) is 4.79 Å². The quantitative estimate of drug-likeness (QED) is 0.724. The first-order valence-corrected chi connectivity index (χ1v) is 11.0. The van der Waals surface area contributed by atoms with Crippen LogP contribution in [0.5, 0.6) is 0 Å². The van der Waals surface area contributed by atoms with E-state index in [2.05, 4.69) is 45.5 Å². The Morgan fingerprint density at radius 2 is 1.97 bits per heavy atom. The molecule has 2 fully saturated rings. The number of hydrogen-bond acceptors (Lipinski definition) is 5. The molecule has 2 saturated heterocycles. The van der Waals surface area contributed by atoms with Crippen LogP contribution < -0.4 is 10.8 Å². The monoisotopic (exact) mass is 424 g/mol. The van der Waals surface area contributed by atoms with Crippen LogP contribution in [-0.2, 0) is 11.3 Å². The number of benzene rings is 1. The van der Waals surface area contributed by atoms with Crippen LogP contribution in [-0.4, -0.2) is 48.1 Å². The maximum absolute atomic E-state index is 12.5. The van der Waals surface area contributed by atoms with Crippen molar-refractivity contribution in [3.8, 4) is 0 Å². The van der Waals surface area contributed by atoms with Gasteiger partial charge in [-0.2, -0.15) is 0 Å². The fourth-order valence-electron chi connectivity index (χ4n) is 3.97. The lowest BCUT2D eigenvalue weighted by Gasteiger charge is -2.51. The molecule has 2 aromatic rings. The summed E-state index contributed by atoms with van der Waals surface area (Å²) in [6.07, 6.45) is 5.75. The largest absolute Gasteiger partial charge is 0.381 e. The molecular formula is C23H28N4O2S.